The van der Waals surface area contributed by atoms with Gasteiger partial charge in [0.25, 0.3) is 0 Å². The molecule has 110 valence electrons. The van der Waals surface area contributed by atoms with E-state index in [9.17, 15) is 9.59 Å². The van der Waals surface area contributed by atoms with E-state index in [0.717, 1.165) is 0 Å². The van der Waals surface area contributed by atoms with Gasteiger partial charge in [0, 0.05) is 11.6 Å². The van der Waals surface area contributed by atoms with Crippen molar-refractivity contribution >= 4 is 40.9 Å². The van der Waals surface area contributed by atoms with E-state index in [0.29, 0.717) is 22.3 Å². The number of urea groups is 1. The molecule has 1 aromatic rings. The van der Waals surface area contributed by atoms with Gasteiger partial charge in [0.2, 0.25) is 0 Å². The minimum atomic E-state index is -0.457. The molecule has 0 aromatic heterocycles. The van der Waals surface area contributed by atoms with Gasteiger partial charge in [0.05, 0.1) is 17.3 Å². The smallest absolute Gasteiger partial charge is 0.325 e. The third-order valence-electron chi connectivity index (χ3n) is 2.46. The van der Waals surface area contributed by atoms with Crippen LogP contribution < -0.4 is 5.32 Å². The molecule has 7 heteroatoms. The van der Waals surface area contributed by atoms with Crippen molar-refractivity contribution in [3.8, 4) is 0 Å². The van der Waals surface area contributed by atoms with E-state index < -0.39 is 12.0 Å². The van der Waals surface area contributed by atoms with Crippen molar-refractivity contribution in [3.05, 3.63) is 28.2 Å². The first-order valence-electron chi connectivity index (χ1n) is 6.14. The highest BCUT2D eigenvalue weighted by Crippen LogP contribution is 2.25. The molecule has 2 amide bonds. The molecule has 0 saturated heterocycles. The average molecular weight is 319 g/mol. The minimum absolute atomic E-state index is 0.117. The first-order chi connectivity index (χ1) is 9.47. The summed E-state index contributed by atoms with van der Waals surface area (Å²) in [5, 5.41) is 3.44. The average Bonchev–Trinajstić information content (AvgIpc) is 2.40. The summed E-state index contributed by atoms with van der Waals surface area (Å²) in [5.41, 5.74) is 0.395. The van der Waals surface area contributed by atoms with Crippen molar-refractivity contribution in [2.75, 3.05) is 25.0 Å². The Hall–Kier alpha value is -1.46. The topological polar surface area (TPSA) is 58.6 Å². The number of carbonyl (C=O) groups is 2. The number of likely N-dealkylation sites (N-methyl/N-ethyl adjacent to an activating group) is 1. The van der Waals surface area contributed by atoms with Crippen molar-refractivity contribution in [1.29, 1.82) is 0 Å². The highest BCUT2D eigenvalue weighted by molar-refractivity contribution is 6.35. The molecule has 0 aliphatic carbocycles. The van der Waals surface area contributed by atoms with Crippen LogP contribution in [0, 0.1) is 0 Å². The van der Waals surface area contributed by atoms with Crippen LogP contribution >= 0.6 is 23.2 Å². The molecule has 0 heterocycles. The van der Waals surface area contributed by atoms with Gasteiger partial charge < -0.3 is 15.0 Å². The van der Waals surface area contributed by atoms with E-state index in [4.69, 9.17) is 27.9 Å². The van der Waals surface area contributed by atoms with Crippen molar-refractivity contribution in [2.24, 2.45) is 0 Å². The Morgan fingerprint density at radius 2 is 2.00 bits per heavy atom. The summed E-state index contributed by atoms with van der Waals surface area (Å²) in [6.07, 6.45) is 0. The molecule has 1 rings (SSSR count). The predicted octanol–water partition coefficient (Wildman–Crippen LogP) is 3.41. The molecule has 0 fully saturated rings. The summed E-state index contributed by atoms with van der Waals surface area (Å²) in [4.78, 5) is 24.8. The van der Waals surface area contributed by atoms with Gasteiger partial charge in [-0.15, -0.1) is 0 Å². The fourth-order valence-corrected chi connectivity index (χ4v) is 1.81. The van der Waals surface area contributed by atoms with E-state index in [-0.39, 0.29) is 13.2 Å². The summed E-state index contributed by atoms with van der Waals surface area (Å²) in [7, 11) is 0. The monoisotopic (exact) mass is 318 g/mol. The Kier molecular flexibility index (Phi) is 6.61. The van der Waals surface area contributed by atoms with Gasteiger partial charge >= 0.3 is 12.0 Å². The third-order valence-corrected chi connectivity index (χ3v) is 3.03. The molecule has 5 nitrogen and oxygen atoms in total. The summed E-state index contributed by atoms with van der Waals surface area (Å²) < 4.78 is 4.81. The molecule has 20 heavy (non-hydrogen) atoms. The maximum atomic E-state index is 12.1. The van der Waals surface area contributed by atoms with E-state index in [1.54, 1.807) is 32.0 Å². The lowest BCUT2D eigenvalue weighted by Crippen LogP contribution is -2.39. The molecule has 0 unspecified atom stereocenters. The second-order valence-corrected chi connectivity index (χ2v) is 4.72. The third kappa shape index (κ3) is 4.90. The lowest BCUT2D eigenvalue weighted by atomic mass is 10.3. The van der Waals surface area contributed by atoms with Crippen LogP contribution in [-0.2, 0) is 9.53 Å². The maximum Gasteiger partial charge on any atom is 0.325 e. The van der Waals surface area contributed by atoms with Crippen molar-refractivity contribution in [2.45, 2.75) is 13.8 Å². The molecule has 0 spiro atoms. The summed E-state index contributed by atoms with van der Waals surface area (Å²) in [6.45, 7) is 3.99. The normalized spacial score (nSPS) is 10.0. The lowest BCUT2D eigenvalue weighted by Gasteiger charge is -2.20. The van der Waals surface area contributed by atoms with Crippen LogP contribution in [0.2, 0.25) is 10.0 Å². The maximum absolute atomic E-state index is 12.1. The Morgan fingerprint density at radius 1 is 1.30 bits per heavy atom. The van der Waals surface area contributed by atoms with E-state index in [1.807, 2.05) is 0 Å². The Labute approximate surface area is 127 Å². The number of esters is 1. The molecule has 0 saturated carbocycles. The predicted molar refractivity (Wildman–Crippen MR) is 79.4 cm³/mol. The number of halogens is 2. The van der Waals surface area contributed by atoms with Gasteiger partial charge in [0.15, 0.2) is 0 Å². The summed E-state index contributed by atoms with van der Waals surface area (Å²) in [5.74, 6) is -0.457. The number of ether oxygens (including phenoxy) is 1. The molecule has 0 bridgehead atoms. The number of carbonyl (C=O) groups excluding carboxylic acids is 2. The van der Waals surface area contributed by atoms with E-state index in [1.165, 1.54) is 4.90 Å². The summed E-state index contributed by atoms with van der Waals surface area (Å²) in [6, 6.07) is 4.31. The van der Waals surface area contributed by atoms with Crippen molar-refractivity contribution in [1.82, 2.24) is 4.90 Å². The number of rotatable bonds is 5. The van der Waals surface area contributed by atoms with Gasteiger partial charge in [-0.3, -0.25) is 4.79 Å². The van der Waals surface area contributed by atoms with Gasteiger partial charge in [-0.2, -0.15) is 0 Å². The number of nitrogens with one attached hydrogen (secondary N) is 1. The fourth-order valence-electron chi connectivity index (χ4n) is 1.48. The molecule has 0 atom stereocenters. The Bertz CT molecular complexity index is 495. The van der Waals surface area contributed by atoms with Crippen LogP contribution in [0.15, 0.2) is 18.2 Å². The van der Waals surface area contributed by atoms with E-state index >= 15 is 0 Å². The van der Waals surface area contributed by atoms with Crippen LogP contribution in [0.25, 0.3) is 0 Å². The van der Waals surface area contributed by atoms with Gasteiger partial charge in [-0.05, 0) is 32.0 Å². The van der Waals surface area contributed by atoms with Crippen LogP contribution in [0.3, 0.4) is 0 Å². The highest BCUT2D eigenvalue weighted by atomic mass is 35.5. The Morgan fingerprint density at radius 3 is 2.60 bits per heavy atom. The largest absolute Gasteiger partial charge is 0.465 e. The number of nitrogens with zero attached hydrogens (tertiary/aromatic N) is 1. The fraction of sp³-hybridized carbons (Fsp3) is 0.385. The minimum Gasteiger partial charge on any atom is -0.465 e. The lowest BCUT2D eigenvalue weighted by molar-refractivity contribution is -0.143. The number of anilines is 1. The molecular formula is C13H16Cl2N2O3. The second kappa shape index (κ2) is 7.97. The molecule has 1 N–H and O–H groups in total. The van der Waals surface area contributed by atoms with Crippen LogP contribution in [0.4, 0.5) is 10.5 Å². The van der Waals surface area contributed by atoms with Gasteiger partial charge in [-0.25, -0.2) is 4.79 Å². The molecule has 1 aromatic carbocycles. The first kappa shape index (κ1) is 16.6. The molecule has 0 radical (unpaired) electrons. The zero-order chi connectivity index (χ0) is 15.1. The van der Waals surface area contributed by atoms with Crippen LogP contribution in [0.5, 0.6) is 0 Å². The standard InChI is InChI=1S/C13H16Cl2N2O3/c1-3-17(8-12(18)20-4-2)13(19)16-11-7-9(14)5-6-10(11)15/h5-7H,3-4,8H2,1-2H3,(H,16,19). The van der Waals surface area contributed by atoms with Crippen LogP contribution in [0.1, 0.15) is 13.8 Å². The van der Waals surface area contributed by atoms with Gasteiger partial charge in [-0.1, -0.05) is 23.2 Å². The van der Waals surface area contributed by atoms with E-state index in [2.05, 4.69) is 5.32 Å². The SMILES string of the molecule is CCOC(=O)CN(CC)C(=O)Nc1cc(Cl)ccc1Cl. The van der Waals surface area contributed by atoms with Crippen molar-refractivity contribution < 1.29 is 14.3 Å². The quantitative estimate of drug-likeness (QED) is 0.846. The van der Waals surface area contributed by atoms with Gasteiger partial charge in [0.1, 0.15) is 6.54 Å². The first-order valence-corrected chi connectivity index (χ1v) is 6.90. The number of hydrogen-bond acceptors (Lipinski definition) is 3. The zero-order valence-electron chi connectivity index (χ0n) is 11.3. The molecular weight excluding hydrogens is 303 g/mol. The highest BCUT2D eigenvalue weighted by Gasteiger charge is 2.17. The van der Waals surface area contributed by atoms with Crippen LogP contribution in [-0.4, -0.2) is 36.6 Å². The molecule has 0 aliphatic rings. The zero-order valence-corrected chi connectivity index (χ0v) is 12.8. The number of hydrogen-bond donors (Lipinski definition) is 1. The number of benzene rings is 1. The molecule has 0 aliphatic heterocycles. The Balaban J connectivity index is 2.72. The second-order valence-electron chi connectivity index (χ2n) is 3.87. The number of amides is 2. The summed E-state index contributed by atoms with van der Waals surface area (Å²) >= 11 is 11.8. The van der Waals surface area contributed by atoms with Crippen molar-refractivity contribution in [3.63, 3.8) is 0 Å².